The lowest BCUT2D eigenvalue weighted by Gasteiger charge is -2.39. The third-order valence-corrected chi connectivity index (χ3v) is 4.77. The lowest BCUT2D eigenvalue weighted by atomic mass is 9.90. The van der Waals surface area contributed by atoms with Gasteiger partial charge in [-0.2, -0.15) is 13.2 Å². The summed E-state index contributed by atoms with van der Waals surface area (Å²) in [4.78, 5) is 28.6. The van der Waals surface area contributed by atoms with Crippen LogP contribution in [0.15, 0.2) is 24.3 Å². The normalized spacial score (nSPS) is 17.1. The monoisotopic (exact) mass is 384 g/mol. The number of halogens is 3. The quantitative estimate of drug-likeness (QED) is 0.798. The van der Waals surface area contributed by atoms with Gasteiger partial charge in [-0.1, -0.05) is 0 Å². The van der Waals surface area contributed by atoms with E-state index in [9.17, 15) is 27.9 Å². The molecule has 0 saturated carbocycles. The molecule has 0 atom stereocenters. The van der Waals surface area contributed by atoms with Gasteiger partial charge in [0.05, 0.1) is 6.61 Å². The van der Waals surface area contributed by atoms with Crippen molar-refractivity contribution >= 4 is 22.8 Å². The number of hydrogen-bond donors (Lipinski definition) is 2. The first-order valence-electron chi connectivity index (χ1n) is 8.53. The Labute approximate surface area is 152 Å². The molecule has 0 spiro atoms. The molecule has 0 aliphatic carbocycles. The van der Waals surface area contributed by atoms with Crippen LogP contribution in [0, 0.1) is 0 Å². The Hall–Kier alpha value is -2.55. The van der Waals surface area contributed by atoms with Gasteiger partial charge < -0.3 is 19.7 Å². The summed E-state index contributed by atoms with van der Waals surface area (Å²) in [6.07, 6.45) is -5.82. The van der Waals surface area contributed by atoms with Gasteiger partial charge in [0.15, 0.2) is 5.60 Å². The molecule has 6 nitrogen and oxygen atoms in total. The molecule has 1 fully saturated rings. The maximum atomic E-state index is 12.9. The molecule has 1 aliphatic rings. The number of hydrogen-bond acceptors (Lipinski definition) is 4. The zero-order chi connectivity index (χ0) is 19.8. The van der Waals surface area contributed by atoms with Gasteiger partial charge in [-0.25, -0.2) is 4.79 Å². The number of alkyl halides is 3. The van der Waals surface area contributed by atoms with Gasteiger partial charge in [0.2, 0.25) is 0 Å². The van der Waals surface area contributed by atoms with Crippen molar-refractivity contribution in [2.75, 3.05) is 19.7 Å². The highest BCUT2D eigenvalue weighted by Gasteiger charge is 2.54. The van der Waals surface area contributed by atoms with E-state index in [1.807, 2.05) is 0 Å². The number of ether oxygens (including phenoxy) is 1. The highest BCUT2D eigenvalue weighted by atomic mass is 19.4. The number of amides is 1. The smallest absolute Gasteiger partial charge is 0.417 e. The second-order valence-corrected chi connectivity index (χ2v) is 6.53. The van der Waals surface area contributed by atoms with Gasteiger partial charge in [0, 0.05) is 42.4 Å². The number of nitrogens with one attached hydrogen (secondary N) is 1. The highest BCUT2D eigenvalue weighted by Crippen LogP contribution is 2.38. The predicted octanol–water partition coefficient (Wildman–Crippen LogP) is 2.87. The van der Waals surface area contributed by atoms with Crippen molar-refractivity contribution in [2.45, 2.75) is 31.5 Å². The number of benzene rings is 1. The number of H-pyrrole nitrogens is 1. The van der Waals surface area contributed by atoms with Gasteiger partial charge in [0.1, 0.15) is 5.69 Å². The van der Waals surface area contributed by atoms with Crippen molar-refractivity contribution in [3.05, 3.63) is 35.5 Å². The molecule has 2 aromatic rings. The van der Waals surface area contributed by atoms with Crippen LogP contribution >= 0.6 is 0 Å². The largest absolute Gasteiger partial charge is 0.461 e. The Balaban J connectivity index is 1.76. The summed E-state index contributed by atoms with van der Waals surface area (Å²) in [7, 11) is 0. The number of fused-ring (bicyclic) bond motifs is 1. The molecule has 2 N–H and O–H groups in total. The minimum absolute atomic E-state index is 0.186. The maximum absolute atomic E-state index is 12.9. The molecule has 1 saturated heterocycles. The Morgan fingerprint density at radius 3 is 2.52 bits per heavy atom. The minimum atomic E-state index is -4.71. The Morgan fingerprint density at radius 1 is 1.26 bits per heavy atom. The van der Waals surface area contributed by atoms with E-state index in [4.69, 9.17) is 4.74 Å². The van der Waals surface area contributed by atoms with Gasteiger partial charge in [-0.3, -0.25) is 4.79 Å². The van der Waals surface area contributed by atoms with Crippen LogP contribution in [-0.4, -0.2) is 58.3 Å². The summed E-state index contributed by atoms with van der Waals surface area (Å²) in [5, 5.41) is 10.3. The fourth-order valence-electron chi connectivity index (χ4n) is 3.13. The van der Waals surface area contributed by atoms with Crippen LogP contribution in [0.5, 0.6) is 0 Å². The van der Waals surface area contributed by atoms with Gasteiger partial charge in [-0.05, 0) is 31.2 Å². The van der Waals surface area contributed by atoms with Gasteiger partial charge >= 0.3 is 12.1 Å². The number of piperidine rings is 1. The molecule has 2 heterocycles. The molecule has 1 aromatic heterocycles. The average molecular weight is 384 g/mol. The third-order valence-electron chi connectivity index (χ3n) is 4.77. The molecule has 1 aliphatic heterocycles. The molecule has 27 heavy (non-hydrogen) atoms. The number of carbonyl (C=O) groups excluding carboxylic acids is 2. The van der Waals surface area contributed by atoms with E-state index < -0.39 is 36.5 Å². The van der Waals surface area contributed by atoms with Crippen molar-refractivity contribution in [1.29, 1.82) is 0 Å². The van der Waals surface area contributed by atoms with Crippen molar-refractivity contribution in [1.82, 2.24) is 9.88 Å². The van der Waals surface area contributed by atoms with Crippen LogP contribution in [0.4, 0.5) is 13.2 Å². The topological polar surface area (TPSA) is 82.6 Å². The molecular weight excluding hydrogens is 365 g/mol. The molecule has 3 rings (SSSR count). The Kier molecular flexibility index (Phi) is 4.90. The first-order chi connectivity index (χ1) is 12.6. The fraction of sp³-hybridized carbons (Fsp3) is 0.444. The van der Waals surface area contributed by atoms with Crippen LogP contribution in [0.2, 0.25) is 0 Å². The number of nitrogens with zero attached hydrogens (tertiary/aromatic N) is 1. The molecule has 146 valence electrons. The fourth-order valence-corrected chi connectivity index (χ4v) is 3.13. The van der Waals surface area contributed by atoms with E-state index in [1.54, 1.807) is 31.2 Å². The first-order valence-corrected chi connectivity index (χ1v) is 8.53. The molecule has 0 bridgehead atoms. The van der Waals surface area contributed by atoms with Gasteiger partial charge in [0.25, 0.3) is 5.91 Å². The number of aliphatic hydroxyl groups is 1. The van der Waals surface area contributed by atoms with Gasteiger partial charge in [-0.15, -0.1) is 0 Å². The number of likely N-dealkylation sites (tertiary alicyclic amines) is 1. The van der Waals surface area contributed by atoms with Crippen LogP contribution in [-0.2, 0) is 4.74 Å². The van der Waals surface area contributed by atoms with E-state index in [-0.39, 0.29) is 25.4 Å². The third kappa shape index (κ3) is 3.64. The lowest BCUT2D eigenvalue weighted by molar-refractivity contribution is -0.271. The van der Waals surface area contributed by atoms with E-state index >= 15 is 0 Å². The predicted molar refractivity (Wildman–Crippen MR) is 90.4 cm³/mol. The number of esters is 1. The minimum Gasteiger partial charge on any atom is -0.461 e. The van der Waals surface area contributed by atoms with Crippen molar-refractivity contribution in [2.24, 2.45) is 0 Å². The molecule has 1 amide bonds. The zero-order valence-electron chi connectivity index (χ0n) is 14.6. The van der Waals surface area contributed by atoms with Crippen LogP contribution < -0.4 is 0 Å². The van der Waals surface area contributed by atoms with E-state index in [1.165, 1.54) is 4.90 Å². The maximum Gasteiger partial charge on any atom is 0.417 e. The molecule has 9 heteroatoms. The van der Waals surface area contributed by atoms with E-state index in [0.29, 0.717) is 16.5 Å². The zero-order valence-corrected chi connectivity index (χ0v) is 14.6. The average Bonchev–Trinajstić information content (AvgIpc) is 3.04. The molecule has 0 radical (unpaired) electrons. The van der Waals surface area contributed by atoms with Crippen molar-refractivity contribution < 1.29 is 32.6 Å². The molecular formula is C18H19F3N2O4. The molecule has 1 aromatic carbocycles. The van der Waals surface area contributed by atoms with Crippen LogP contribution in [0.25, 0.3) is 10.9 Å². The van der Waals surface area contributed by atoms with Crippen molar-refractivity contribution in [3.8, 4) is 0 Å². The first kappa shape index (κ1) is 19.2. The summed E-state index contributed by atoms with van der Waals surface area (Å²) in [5.74, 6) is -0.927. The second kappa shape index (κ2) is 6.88. The number of rotatable bonds is 3. The van der Waals surface area contributed by atoms with Crippen molar-refractivity contribution in [3.63, 3.8) is 0 Å². The summed E-state index contributed by atoms with van der Waals surface area (Å²) in [6, 6.07) is 6.30. The summed E-state index contributed by atoms with van der Waals surface area (Å²) in [5.41, 5.74) is -1.55. The lowest BCUT2D eigenvalue weighted by Crippen LogP contribution is -2.54. The summed E-state index contributed by atoms with van der Waals surface area (Å²) >= 11 is 0. The Morgan fingerprint density at radius 2 is 1.93 bits per heavy atom. The standard InChI is InChI=1S/C18H19F3N2O4/c1-2-27-16(25)14-10-12-9-11(3-4-13(12)22-14)15(24)23-7-5-17(26,6-8-23)18(19,20)21/h3-4,9-10,22,26H,2,5-8H2,1H3. The summed E-state index contributed by atoms with van der Waals surface area (Å²) in [6.45, 7) is 1.55. The second-order valence-electron chi connectivity index (χ2n) is 6.53. The number of aromatic amines is 1. The Bertz CT molecular complexity index is 867. The molecule has 0 unspecified atom stereocenters. The number of carbonyl (C=O) groups is 2. The van der Waals surface area contributed by atoms with E-state index in [2.05, 4.69) is 4.98 Å². The van der Waals surface area contributed by atoms with Crippen LogP contribution in [0.1, 0.15) is 40.6 Å². The highest BCUT2D eigenvalue weighted by molar-refractivity contribution is 6.00. The number of aromatic nitrogens is 1. The van der Waals surface area contributed by atoms with E-state index in [0.717, 1.165) is 0 Å². The summed E-state index contributed by atoms with van der Waals surface area (Å²) < 4.78 is 43.6. The SMILES string of the molecule is CCOC(=O)c1cc2cc(C(=O)N3CCC(O)(C(F)(F)F)CC3)ccc2[nH]1. The van der Waals surface area contributed by atoms with Crippen LogP contribution in [0.3, 0.4) is 0 Å².